The number of aliphatic carboxylic acids is 1. The summed E-state index contributed by atoms with van der Waals surface area (Å²) in [5, 5.41) is 8.71. The molecule has 0 unspecified atom stereocenters. The number of benzene rings is 2. The quantitative estimate of drug-likeness (QED) is 0.459. The highest BCUT2D eigenvalue weighted by molar-refractivity contribution is 9.10. The third-order valence-electron chi connectivity index (χ3n) is 4.03. The molecule has 0 fully saturated rings. The molecule has 29 heavy (non-hydrogen) atoms. The minimum Gasteiger partial charge on any atom is -0.482 e. The van der Waals surface area contributed by atoms with Gasteiger partial charge in [-0.05, 0) is 65.2 Å². The maximum Gasteiger partial charge on any atom is 0.341 e. The van der Waals surface area contributed by atoms with E-state index in [-0.39, 0.29) is 11.5 Å². The van der Waals surface area contributed by atoms with Crippen LogP contribution < -0.4 is 4.74 Å². The minimum atomic E-state index is -3.58. The molecule has 0 atom stereocenters. The zero-order valence-electron chi connectivity index (χ0n) is 16.3. The van der Waals surface area contributed by atoms with Crippen LogP contribution in [0.2, 0.25) is 0 Å². The van der Waals surface area contributed by atoms with Crippen LogP contribution in [0.5, 0.6) is 5.75 Å². The fourth-order valence-electron chi connectivity index (χ4n) is 2.67. The SMILES string of the molecule is CCCN(CCSc1ccc(OCC(=O)O)c(C)c1)S(=O)(=O)c1ccccc1Br. The number of hydrogen-bond donors (Lipinski definition) is 1. The normalized spacial score (nSPS) is 11.6. The van der Waals surface area contributed by atoms with Gasteiger partial charge in [-0.3, -0.25) is 0 Å². The molecule has 0 saturated heterocycles. The van der Waals surface area contributed by atoms with Gasteiger partial charge in [0, 0.05) is 28.2 Å². The van der Waals surface area contributed by atoms with E-state index in [4.69, 9.17) is 9.84 Å². The van der Waals surface area contributed by atoms with Crippen molar-refractivity contribution in [3.63, 3.8) is 0 Å². The number of rotatable bonds is 11. The summed E-state index contributed by atoms with van der Waals surface area (Å²) >= 11 is 4.88. The van der Waals surface area contributed by atoms with Gasteiger partial charge in [0.25, 0.3) is 0 Å². The standard InChI is InChI=1S/C20H24BrNO5S2/c1-3-10-22(29(25,26)19-7-5-4-6-17(19)21)11-12-28-16-8-9-18(15(2)13-16)27-14-20(23)24/h4-9,13H,3,10-12,14H2,1-2H3,(H,23,24). The number of hydrogen-bond acceptors (Lipinski definition) is 5. The number of nitrogens with zero attached hydrogens (tertiary/aromatic N) is 1. The summed E-state index contributed by atoms with van der Waals surface area (Å²) in [5.41, 5.74) is 0.836. The van der Waals surface area contributed by atoms with Crippen LogP contribution in [0.1, 0.15) is 18.9 Å². The highest BCUT2D eigenvalue weighted by Gasteiger charge is 2.25. The Balaban J connectivity index is 2.03. The second-order valence-corrected chi connectivity index (χ2v) is 10.2. The molecule has 2 aromatic carbocycles. The molecule has 1 N–H and O–H groups in total. The van der Waals surface area contributed by atoms with Crippen LogP contribution in [0.4, 0.5) is 0 Å². The molecule has 0 aliphatic rings. The fourth-order valence-corrected chi connectivity index (χ4v) is 6.26. The molecule has 9 heteroatoms. The van der Waals surface area contributed by atoms with Crippen LogP contribution in [0, 0.1) is 6.92 Å². The molecular weight excluding hydrogens is 478 g/mol. The summed E-state index contributed by atoms with van der Waals surface area (Å²) in [6.45, 7) is 4.26. The summed E-state index contributed by atoms with van der Waals surface area (Å²) in [7, 11) is -3.58. The topological polar surface area (TPSA) is 83.9 Å². The second-order valence-electron chi connectivity index (χ2n) is 6.29. The summed E-state index contributed by atoms with van der Waals surface area (Å²) in [6, 6.07) is 12.3. The van der Waals surface area contributed by atoms with E-state index >= 15 is 0 Å². The fraction of sp³-hybridized carbons (Fsp3) is 0.350. The molecule has 0 radical (unpaired) electrons. The van der Waals surface area contributed by atoms with Crippen LogP contribution in [-0.2, 0) is 14.8 Å². The first-order valence-corrected chi connectivity index (χ1v) is 12.3. The molecule has 0 aliphatic heterocycles. The Bertz CT molecular complexity index is 950. The van der Waals surface area contributed by atoms with Crippen molar-refractivity contribution >= 4 is 43.7 Å². The molecular formula is C20H24BrNO5S2. The number of ether oxygens (including phenoxy) is 1. The minimum absolute atomic E-state index is 0.272. The maximum absolute atomic E-state index is 13.0. The largest absolute Gasteiger partial charge is 0.482 e. The van der Waals surface area contributed by atoms with Gasteiger partial charge < -0.3 is 9.84 Å². The number of carbonyl (C=O) groups is 1. The van der Waals surface area contributed by atoms with Gasteiger partial charge in [-0.2, -0.15) is 4.31 Å². The van der Waals surface area contributed by atoms with Gasteiger partial charge in [-0.1, -0.05) is 19.1 Å². The third-order valence-corrected chi connectivity index (χ3v) is 7.92. The number of thioether (sulfide) groups is 1. The van der Waals surface area contributed by atoms with Gasteiger partial charge in [0.05, 0.1) is 4.90 Å². The highest BCUT2D eigenvalue weighted by Crippen LogP contribution is 2.28. The van der Waals surface area contributed by atoms with Crippen molar-refractivity contribution in [1.82, 2.24) is 4.31 Å². The van der Waals surface area contributed by atoms with E-state index in [9.17, 15) is 13.2 Å². The van der Waals surface area contributed by atoms with E-state index < -0.39 is 16.0 Å². The molecule has 2 aromatic rings. The van der Waals surface area contributed by atoms with Crippen LogP contribution in [0.25, 0.3) is 0 Å². The van der Waals surface area contributed by atoms with Gasteiger partial charge in [0.1, 0.15) is 5.75 Å². The van der Waals surface area contributed by atoms with Gasteiger partial charge in [-0.25, -0.2) is 13.2 Å². The number of carboxylic acids is 1. The van der Waals surface area contributed by atoms with Crippen LogP contribution in [0.15, 0.2) is 56.7 Å². The molecule has 0 saturated carbocycles. The third kappa shape index (κ3) is 6.74. The Morgan fingerprint density at radius 1 is 1.21 bits per heavy atom. The van der Waals surface area contributed by atoms with Crippen molar-refractivity contribution < 1.29 is 23.1 Å². The van der Waals surface area contributed by atoms with E-state index in [2.05, 4.69) is 15.9 Å². The van der Waals surface area contributed by atoms with E-state index in [1.165, 1.54) is 4.31 Å². The summed E-state index contributed by atoms with van der Waals surface area (Å²) < 4.78 is 33.4. The Labute approximate surface area is 184 Å². The van der Waals surface area contributed by atoms with E-state index in [1.807, 2.05) is 26.0 Å². The van der Waals surface area contributed by atoms with Crippen LogP contribution in [0.3, 0.4) is 0 Å². The molecule has 158 valence electrons. The van der Waals surface area contributed by atoms with Crippen LogP contribution >= 0.6 is 27.7 Å². The number of aryl methyl sites for hydroxylation is 1. The number of sulfonamides is 1. The molecule has 0 aliphatic carbocycles. The van der Waals surface area contributed by atoms with Gasteiger partial charge >= 0.3 is 5.97 Å². The van der Waals surface area contributed by atoms with Crippen molar-refractivity contribution in [1.29, 1.82) is 0 Å². The number of carboxylic acid groups (broad SMARTS) is 1. The summed E-state index contributed by atoms with van der Waals surface area (Å²) in [4.78, 5) is 11.9. The first-order chi connectivity index (χ1) is 13.8. The molecule has 0 spiro atoms. The molecule has 0 aromatic heterocycles. The first-order valence-electron chi connectivity index (χ1n) is 9.08. The lowest BCUT2D eigenvalue weighted by Crippen LogP contribution is -2.34. The molecule has 0 heterocycles. The van der Waals surface area contributed by atoms with Gasteiger partial charge in [-0.15, -0.1) is 11.8 Å². The van der Waals surface area contributed by atoms with E-state index in [0.717, 1.165) is 16.9 Å². The van der Waals surface area contributed by atoms with Crippen molar-refractivity contribution in [2.45, 2.75) is 30.1 Å². The second kappa shape index (κ2) is 11.0. The van der Waals surface area contributed by atoms with Crippen LogP contribution in [-0.4, -0.2) is 49.2 Å². The predicted octanol–water partition coefficient (Wildman–Crippen LogP) is 4.41. The molecule has 6 nitrogen and oxygen atoms in total. The highest BCUT2D eigenvalue weighted by atomic mass is 79.9. The zero-order valence-corrected chi connectivity index (χ0v) is 19.5. The Morgan fingerprint density at radius 3 is 2.55 bits per heavy atom. The lowest BCUT2D eigenvalue weighted by Gasteiger charge is -2.22. The van der Waals surface area contributed by atoms with E-state index in [1.54, 1.807) is 42.1 Å². The van der Waals surface area contributed by atoms with E-state index in [0.29, 0.717) is 29.1 Å². The van der Waals surface area contributed by atoms with Crippen molar-refractivity contribution in [2.75, 3.05) is 25.4 Å². The first kappa shape index (κ1) is 23.7. The lowest BCUT2D eigenvalue weighted by molar-refractivity contribution is -0.139. The van der Waals surface area contributed by atoms with Crippen molar-refractivity contribution in [3.05, 3.63) is 52.5 Å². The van der Waals surface area contributed by atoms with Gasteiger partial charge in [0.15, 0.2) is 6.61 Å². The van der Waals surface area contributed by atoms with Crippen molar-refractivity contribution in [2.24, 2.45) is 0 Å². The zero-order chi connectivity index (χ0) is 21.4. The predicted molar refractivity (Wildman–Crippen MR) is 118 cm³/mol. The molecule has 2 rings (SSSR count). The molecule has 0 bridgehead atoms. The number of halogens is 1. The Kier molecular flexibility index (Phi) is 9.01. The Morgan fingerprint density at radius 2 is 1.93 bits per heavy atom. The average Bonchev–Trinajstić information content (AvgIpc) is 2.66. The summed E-state index contributed by atoms with van der Waals surface area (Å²) in [5.74, 6) is 0.101. The smallest absolute Gasteiger partial charge is 0.341 e. The van der Waals surface area contributed by atoms with Gasteiger partial charge in [0.2, 0.25) is 10.0 Å². The molecule has 0 amide bonds. The van der Waals surface area contributed by atoms with Crippen molar-refractivity contribution in [3.8, 4) is 5.75 Å². The average molecular weight is 502 g/mol. The monoisotopic (exact) mass is 501 g/mol. The lowest BCUT2D eigenvalue weighted by atomic mass is 10.2. The summed E-state index contributed by atoms with van der Waals surface area (Å²) in [6.07, 6.45) is 0.725. The maximum atomic E-state index is 13.0. The Hall–Kier alpha value is -1.55.